The predicted molar refractivity (Wildman–Crippen MR) is 82.9 cm³/mol. The molecule has 1 saturated carbocycles. The highest BCUT2D eigenvalue weighted by Gasteiger charge is 2.13. The summed E-state index contributed by atoms with van der Waals surface area (Å²) >= 11 is 3.95. The van der Waals surface area contributed by atoms with Crippen molar-refractivity contribution in [2.24, 2.45) is 0 Å². The zero-order valence-electron chi connectivity index (χ0n) is 11.3. The fourth-order valence-electron chi connectivity index (χ4n) is 2.20. The van der Waals surface area contributed by atoms with E-state index in [4.69, 9.17) is 4.74 Å². The molecule has 2 rings (SSSR count). The molecule has 1 aromatic rings. The molecule has 2 nitrogen and oxygen atoms in total. The van der Waals surface area contributed by atoms with E-state index in [-0.39, 0.29) is 5.97 Å². The van der Waals surface area contributed by atoms with Crippen LogP contribution in [0.5, 0.6) is 5.75 Å². The normalized spacial score (nSPS) is 16.3. The fourth-order valence-corrected chi connectivity index (χ4v) is 4.78. The second-order valence-electron chi connectivity index (χ2n) is 4.75. The Labute approximate surface area is 123 Å². The van der Waals surface area contributed by atoms with Crippen LogP contribution in [0.15, 0.2) is 29.2 Å². The Morgan fingerprint density at radius 3 is 2.53 bits per heavy atom. The molecule has 1 fully saturated rings. The summed E-state index contributed by atoms with van der Waals surface area (Å²) in [5, 5.41) is 1.97. The maximum atomic E-state index is 10.8. The first-order valence-corrected chi connectivity index (χ1v) is 8.80. The lowest BCUT2D eigenvalue weighted by Crippen LogP contribution is -2.07. The first-order chi connectivity index (χ1) is 9.24. The zero-order chi connectivity index (χ0) is 13.5. The third-order valence-corrected chi connectivity index (χ3v) is 5.73. The van der Waals surface area contributed by atoms with Crippen LogP contribution < -0.4 is 4.74 Å². The van der Waals surface area contributed by atoms with Crippen LogP contribution >= 0.6 is 23.5 Å². The van der Waals surface area contributed by atoms with E-state index in [1.54, 1.807) is 0 Å². The number of thioether (sulfide) groups is 2. The summed E-state index contributed by atoms with van der Waals surface area (Å²) < 4.78 is 5.02. The maximum Gasteiger partial charge on any atom is 0.308 e. The average molecular weight is 296 g/mol. The summed E-state index contributed by atoms with van der Waals surface area (Å²) in [5.41, 5.74) is 0. The Bertz CT molecular complexity index is 397. The minimum absolute atomic E-state index is 0.270. The molecule has 0 heterocycles. The first kappa shape index (κ1) is 14.8. The van der Waals surface area contributed by atoms with Gasteiger partial charge >= 0.3 is 5.97 Å². The number of carbonyl (C=O) groups excluding carboxylic acids is 1. The largest absolute Gasteiger partial charge is 0.427 e. The molecule has 0 amide bonds. The summed E-state index contributed by atoms with van der Waals surface area (Å²) in [7, 11) is 0. The van der Waals surface area contributed by atoms with E-state index in [1.165, 1.54) is 43.9 Å². The van der Waals surface area contributed by atoms with Gasteiger partial charge < -0.3 is 4.74 Å². The van der Waals surface area contributed by atoms with E-state index in [1.807, 2.05) is 36.0 Å². The highest BCUT2D eigenvalue weighted by atomic mass is 32.2. The number of esters is 1. The van der Waals surface area contributed by atoms with Gasteiger partial charge in [0.25, 0.3) is 0 Å². The van der Waals surface area contributed by atoms with Gasteiger partial charge in [0.05, 0.1) is 0 Å². The van der Waals surface area contributed by atoms with Crippen molar-refractivity contribution in [3.8, 4) is 5.75 Å². The summed E-state index contributed by atoms with van der Waals surface area (Å²) in [5.74, 6) is 0.352. The molecule has 0 aliphatic heterocycles. The highest BCUT2D eigenvalue weighted by Crippen LogP contribution is 2.32. The quantitative estimate of drug-likeness (QED) is 0.340. The monoisotopic (exact) mass is 296 g/mol. The molecule has 1 aromatic carbocycles. The predicted octanol–water partition coefficient (Wildman–Crippen LogP) is 4.73. The second-order valence-corrected chi connectivity index (χ2v) is 7.46. The highest BCUT2D eigenvalue weighted by molar-refractivity contribution is 8.16. The summed E-state index contributed by atoms with van der Waals surface area (Å²) in [4.78, 5) is 12.0. The van der Waals surface area contributed by atoms with Gasteiger partial charge in [-0.05, 0) is 37.1 Å². The molecular weight excluding hydrogens is 276 g/mol. The summed E-state index contributed by atoms with van der Waals surface area (Å²) in [6.07, 6.45) is 6.99. The molecular formula is C15H20O2S2. The first-order valence-electron chi connectivity index (χ1n) is 6.77. The van der Waals surface area contributed by atoms with Crippen LogP contribution in [0.4, 0.5) is 0 Å². The number of carbonyl (C=O) groups is 1. The van der Waals surface area contributed by atoms with E-state index in [0.717, 1.165) is 10.3 Å². The van der Waals surface area contributed by atoms with E-state index in [9.17, 15) is 4.79 Å². The Morgan fingerprint density at radius 2 is 1.89 bits per heavy atom. The van der Waals surface area contributed by atoms with E-state index in [0.29, 0.717) is 5.75 Å². The lowest BCUT2D eigenvalue weighted by molar-refractivity contribution is -0.131. The minimum atomic E-state index is -0.270. The molecule has 0 saturated heterocycles. The van der Waals surface area contributed by atoms with Gasteiger partial charge in [-0.1, -0.05) is 19.3 Å². The molecule has 1 aliphatic carbocycles. The van der Waals surface area contributed by atoms with Gasteiger partial charge in [0.1, 0.15) is 5.75 Å². The minimum Gasteiger partial charge on any atom is -0.427 e. The van der Waals surface area contributed by atoms with Crippen molar-refractivity contribution in [3.05, 3.63) is 24.3 Å². The molecule has 0 unspecified atom stereocenters. The molecule has 0 N–H and O–H groups in total. The molecule has 0 aromatic heterocycles. The molecule has 0 atom stereocenters. The number of hydrogen-bond acceptors (Lipinski definition) is 4. The van der Waals surface area contributed by atoms with Gasteiger partial charge in [0.15, 0.2) is 0 Å². The van der Waals surface area contributed by atoms with Gasteiger partial charge in [-0.25, -0.2) is 0 Å². The summed E-state index contributed by atoms with van der Waals surface area (Å²) in [6, 6.07) is 7.75. The SMILES string of the molecule is CC(=O)Oc1ccc(SCSC2CCCCC2)cc1. The van der Waals surface area contributed by atoms with Crippen molar-refractivity contribution < 1.29 is 9.53 Å². The lowest BCUT2D eigenvalue weighted by atomic mass is 10.0. The topological polar surface area (TPSA) is 26.3 Å². The molecule has 0 bridgehead atoms. The van der Waals surface area contributed by atoms with Crippen molar-refractivity contribution in [3.63, 3.8) is 0 Å². The Hall–Kier alpha value is -0.610. The Morgan fingerprint density at radius 1 is 1.21 bits per heavy atom. The van der Waals surface area contributed by atoms with Crippen LogP contribution in [0, 0.1) is 0 Å². The van der Waals surface area contributed by atoms with Crippen LogP contribution in [-0.4, -0.2) is 16.3 Å². The van der Waals surface area contributed by atoms with Crippen LogP contribution in [0.2, 0.25) is 0 Å². The smallest absolute Gasteiger partial charge is 0.308 e. The van der Waals surface area contributed by atoms with Crippen molar-refractivity contribution in [2.45, 2.75) is 49.2 Å². The third kappa shape index (κ3) is 5.49. The van der Waals surface area contributed by atoms with Gasteiger partial charge in [0, 0.05) is 22.2 Å². The maximum absolute atomic E-state index is 10.8. The van der Waals surface area contributed by atoms with Crippen LogP contribution in [0.25, 0.3) is 0 Å². The van der Waals surface area contributed by atoms with Gasteiger partial charge in [-0.2, -0.15) is 0 Å². The fraction of sp³-hybridized carbons (Fsp3) is 0.533. The van der Waals surface area contributed by atoms with Crippen LogP contribution in [-0.2, 0) is 4.79 Å². The van der Waals surface area contributed by atoms with Gasteiger partial charge in [0.2, 0.25) is 0 Å². The Kier molecular flexibility index (Phi) is 6.11. The molecule has 0 radical (unpaired) electrons. The number of ether oxygens (including phenoxy) is 1. The van der Waals surface area contributed by atoms with Crippen molar-refractivity contribution >= 4 is 29.5 Å². The molecule has 0 spiro atoms. The second kappa shape index (κ2) is 7.85. The van der Waals surface area contributed by atoms with Crippen molar-refractivity contribution in [1.82, 2.24) is 0 Å². The number of hydrogen-bond donors (Lipinski definition) is 0. The van der Waals surface area contributed by atoms with E-state index >= 15 is 0 Å². The van der Waals surface area contributed by atoms with Gasteiger partial charge in [-0.15, -0.1) is 23.5 Å². The molecule has 1 aliphatic rings. The zero-order valence-corrected chi connectivity index (χ0v) is 12.9. The van der Waals surface area contributed by atoms with Crippen LogP contribution in [0.3, 0.4) is 0 Å². The van der Waals surface area contributed by atoms with Crippen molar-refractivity contribution in [1.29, 1.82) is 0 Å². The number of rotatable bonds is 5. The molecule has 4 heteroatoms. The van der Waals surface area contributed by atoms with Crippen LogP contribution in [0.1, 0.15) is 39.0 Å². The standard InChI is InChI=1S/C15H20O2S2/c1-12(16)17-13-7-9-15(10-8-13)19-11-18-14-5-3-2-4-6-14/h7-10,14H,2-6,11H2,1H3. The molecule has 104 valence electrons. The average Bonchev–Trinajstić information content (AvgIpc) is 2.41. The summed E-state index contributed by atoms with van der Waals surface area (Å²) in [6.45, 7) is 1.42. The van der Waals surface area contributed by atoms with Crippen molar-refractivity contribution in [2.75, 3.05) is 5.08 Å². The number of benzene rings is 1. The van der Waals surface area contributed by atoms with Gasteiger partial charge in [-0.3, -0.25) is 4.79 Å². The third-order valence-electron chi connectivity index (χ3n) is 3.17. The lowest BCUT2D eigenvalue weighted by Gasteiger charge is -2.20. The molecule has 19 heavy (non-hydrogen) atoms. The van der Waals surface area contributed by atoms with E-state index < -0.39 is 0 Å². The Balaban J connectivity index is 1.71. The van der Waals surface area contributed by atoms with E-state index in [2.05, 4.69) is 11.8 Å².